The molecule has 2 aromatic heterocycles. The van der Waals surface area contributed by atoms with Crippen LogP contribution in [0.1, 0.15) is 24.6 Å². The third kappa shape index (κ3) is 2.53. The van der Waals surface area contributed by atoms with Gasteiger partial charge in [0.1, 0.15) is 15.0 Å². The van der Waals surface area contributed by atoms with Crippen LogP contribution < -0.4 is 0 Å². The van der Waals surface area contributed by atoms with Crippen molar-refractivity contribution in [1.29, 1.82) is 0 Å². The summed E-state index contributed by atoms with van der Waals surface area (Å²) >= 11 is 8.47. The van der Waals surface area contributed by atoms with E-state index in [1.807, 2.05) is 6.20 Å². The molecule has 1 aliphatic heterocycles. The van der Waals surface area contributed by atoms with E-state index >= 15 is 0 Å². The smallest absolute Gasteiger partial charge is 0.155 e. The van der Waals surface area contributed by atoms with Gasteiger partial charge in [-0.25, -0.2) is 9.97 Å². The Hall–Kier alpha value is -0.440. The van der Waals surface area contributed by atoms with Gasteiger partial charge in [0, 0.05) is 50.5 Å². The molecule has 7 heteroatoms. The van der Waals surface area contributed by atoms with Gasteiger partial charge in [0.05, 0.1) is 0 Å². The zero-order chi connectivity index (χ0) is 15.3. The third-order valence-electron chi connectivity index (χ3n) is 5.03. The molecule has 5 nitrogen and oxygen atoms in total. The van der Waals surface area contributed by atoms with Crippen LogP contribution in [-0.2, 0) is 0 Å². The standard InChI is InChI=1S/C15H19ClIN5/c1-20-4-6-21(7-5-20)11-8-10(9-11)15-19-14(17)12-13(16)18-2-3-22(12)15/h2-3,10-11H,4-9H2,1H3. The Labute approximate surface area is 148 Å². The van der Waals surface area contributed by atoms with E-state index in [1.54, 1.807) is 6.20 Å². The van der Waals surface area contributed by atoms with Gasteiger partial charge in [0.15, 0.2) is 5.15 Å². The number of piperazine rings is 1. The van der Waals surface area contributed by atoms with Gasteiger partial charge in [-0.05, 0) is 42.5 Å². The minimum atomic E-state index is 0.541. The van der Waals surface area contributed by atoms with Gasteiger partial charge in [-0.1, -0.05) is 11.6 Å². The maximum absolute atomic E-state index is 6.22. The first kappa shape index (κ1) is 15.1. The van der Waals surface area contributed by atoms with Crippen molar-refractivity contribution in [1.82, 2.24) is 24.2 Å². The fraction of sp³-hybridized carbons (Fsp3) is 0.600. The first-order valence-corrected chi connectivity index (χ1v) is 9.19. The van der Waals surface area contributed by atoms with Crippen molar-refractivity contribution in [3.8, 4) is 0 Å². The molecule has 22 heavy (non-hydrogen) atoms. The summed E-state index contributed by atoms with van der Waals surface area (Å²) in [6.07, 6.45) is 6.15. The normalized spacial score (nSPS) is 27.2. The molecule has 3 heterocycles. The van der Waals surface area contributed by atoms with E-state index in [9.17, 15) is 0 Å². The number of imidazole rings is 1. The van der Waals surface area contributed by atoms with E-state index in [1.165, 1.54) is 39.0 Å². The number of hydrogen-bond acceptors (Lipinski definition) is 4. The second-order valence-electron chi connectivity index (χ2n) is 6.36. The van der Waals surface area contributed by atoms with Crippen LogP contribution in [0.5, 0.6) is 0 Å². The second kappa shape index (κ2) is 5.89. The molecule has 0 spiro atoms. The van der Waals surface area contributed by atoms with Crippen molar-refractivity contribution in [2.45, 2.75) is 24.8 Å². The molecule has 0 amide bonds. The molecular formula is C15H19ClIN5. The van der Waals surface area contributed by atoms with E-state index in [-0.39, 0.29) is 0 Å². The SMILES string of the molecule is CN1CCN(C2CC(c3nc(I)c4c(Cl)nccn34)C2)CC1. The fourth-order valence-corrected chi connectivity index (χ4v) is 4.71. The van der Waals surface area contributed by atoms with Crippen LogP contribution in [0.3, 0.4) is 0 Å². The van der Waals surface area contributed by atoms with Crippen LogP contribution in [0.15, 0.2) is 12.4 Å². The summed E-state index contributed by atoms with van der Waals surface area (Å²) in [6.45, 7) is 4.77. The monoisotopic (exact) mass is 431 g/mol. The lowest BCUT2D eigenvalue weighted by Crippen LogP contribution is -2.52. The summed E-state index contributed by atoms with van der Waals surface area (Å²) in [7, 11) is 2.21. The average Bonchev–Trinajstić information content (AvgIpc) is 2.78. The number of aromatic nitrogens is 3. The van der Waals surface area contributed by atoms with Crippen molar-refractivity contribution in [2.75, 3.05) is 33.2 Å². The highest BCUT2D eigenvalue weighted by Gasteiger charge is 2.38. The van der Waals surface area contributed by atoms with E-state index < -0.39 is 0 Å². The molecule has 1 saturated heterocycles. The molecule has 4 rings (SSSR count). The fourth-order valence-electron chi connectivity index (χ4n) is 3.56. The average molecular weight is 432 g/mol. The molecule has 0 unspecified atom stereocenters. The lowest BCUT2D eigenvalue weighted by molar-refractivity contribution is 0.0586. The molecule has 2 aromatic rings. The summed E-state index contributed by atoms with van der Waals surface area (Å²) in [5.74, 6) is 1.69. The maximum atomic E-state index is 6.22. The highest BCUT2D eigenvalue weighted by Crippen LogP contribution is 2.40. The summed E-state index contributed by atoms with van der Waals surface area (Å²) in [5, 5.41) is 0.542. The predicted octanol–water partition coefficient (Wildman–Crippen LogP) is 2.48. The Kier molecular flexibility index (Phi) is 4.04. The van der Waals surface area contributed by atoms with Crippen LogP contribution in [0.2, 0.25) is 5.15 Å². The first-order chi connectivity index (χ1) is 10.6. The van der Waals surface area contributed by atoms with Gasteiger partial charge in [0.2, 0.25) is 0 Å². The zero-order valence-electron chi connectivity index (χ0n) is 12.5. The molecule has 0 radical (unpaired) electrons. The second-order valence-corrected chi connectivity index (χ2v) is 7.74. The number of nitrogens with zero attached hydrogens (tertiary/aromatic N) is 5. The van der Waals surface area contributed by atoms with Crippen LogP contribution >= 0.6 is 34.2 Å². The Balaban J connectivity index is 1.50. The summed E-state index contributed by atoms with van der Waals surface area (Å²) in [6, 6.07) is 0.723. The predicted molar refractivity (Wildman–Crippen MR) is 95.5 cm³/mol. The molecule has 0 N–H and O–H groups in total. The lowest BCUT2D eigenvalue weighted by atomic mass is 9.78. The summed E-state index contributed by atoms with van der Waals surface area (Å²) in [5.41, 5.74) is 0.947. The highest BCUT2D eigenvalue weighted by molar-refractivity contribution is 14.1. The number of hydrogen-bond donors (Lipinski definition) is 0. The molecule has 0 aromatic carbocycles. The Morgan fingerprint density at radius 3 is 2.68 bits per heavy atom. The van der Waals surface area contributed by atoms with Crippen LogP contribution in [0.4, 0.5) is 0 Å². The minimum Gasteiger partial charge on any atom is -0.304 e. The summed E-state index contributed by atoms with van der Waals surface area (Å²) < 4.78 is 3.08. The Morgan fingerprint density at radius 1 is 1.23 bits per heavy atom. The lowest BCUT2D eigenvalue weighted by Gasteiger charge is -2.45. The van der Waals surface area contributed by atoms with Crippen molar-refractivity contribution in [3.05, 3.63) is 27.1 Å². The first-order valence-electron chi connectivity index (χ1n) is 7.74. The molecule has 2 aliphatic rings. The quantitative estimate of drug-likeness (QED) is 0.685. The van der Waals surface area contributed by atoms with Crippen molar-refractivity contribution in [2.24, 2.45) is 0 Å². The van der Waals surface area contributed by atoms with E-state index in [2.05, 4.69) is 48.8 Å². The number of likely N-dealkylation sites (N-methyl/N-ethyl adjacent to an activating group) is 1. The van der Waals surface area contributed by atoms with Gasteiger partial charge in [-0.15, -0.1) is 0 Å². The number of rotatable bonds is 2. The number of halogens is 2. The Bertz CT molecular complexity index is 689. The van der Waals surface area contributed by atoms with Crippen molar-refractivity contribution in [3.63, 3.8) is 0 Å². The van der Waals surface area contributed by atoms with Gasteiger partial charge in [0.25, 0.3) is 0 Å². The van der Waals surface area contributed by atoms with Crippen LogP contribution in [-0.4, -0.2) is 63.4 Å². The number of fused-ring (bicyclic) bond motifs is 1. The minimum absolute atomic E-state index is 0.541. The molecule has 0 bridgehead atoms. The Morgan fingerprint density at radius 2 is 1.95 bits per heavy atom. The van der Waals surface area contributed by atoms with Gasteiger partial charge in [-0.2, -0.15) is 0 Å². The van der Waals surface area contributed by atoms with Crippen LogP contribution in [0.25, 0.3) is 5.52 Å². The molecule has 1 aliphatic carbocycles. The maximum Gasteiger partial charge on any atom is 0.155 e. The van der Waals surface area contributed by atoms with E-state index in [4.69, 9.17) is 16.6 Å². The molecule has 118 valence electrons. The van der Waals surface area contributed by atoms with Crippen molar-refractivity contribution >= 4 is 39.7 Å². The van der Waals surface area contributed by atoms with Crippen molar-refractivity contribution < 1.29 is 0 Å². The topological polar surface area (TPSA) is 36.7 Å². The highest BCUT2D eigenvalue weighted by atomic mass is 127. The molecule has 0 atom stereocenters. The van der Waals surface area contributed by atoms with Crippen LogP contribution in [0, 0.1) is 3.70 Å². The van der Waals surface area contributed by atoms with E-state index in [0.29, 0.717) is 11.1 Å². The largest absolute Gasteiger partial charge is 0.304 e. The molecular weight excluding hydrogens is 413 g/mol. The zero-order valence-corrected chi connectivity index (χ0v) is 15.5. The summed E-state index contributed by atoms with van der Waals surface area (Å²) in [4.78, 5) is 14.0. The van der Waals surface area contributed by atoms with Gasteiger partial charge >= 0.3 is 0 Å². The molecule has 1 saturated carbocycles. The molecule has 2 fully saturated rings. The van der Waals surface area contributed by atoms with E-state index in [0.717, 1.165) is 21.1 Å². The van der Waals surface area contributed by atoms with Gasteiger partial charge in [-0.3, -0.25) is 9.30 Å². The van der Waals surface area contributed by atoms with Gasteiger partial charge < -0.3 is 4.90 Å². The third-order valence-corrected chi connectivity index (χ3v) is 6.06.